The zero-order valence-electron chi connectivity index (χ0n) is 21.7. The van der Waals surface area contributed by atoms with Crippen LogP contribution in [-0.4, -0.2) is 30.1 Å². The van der Waals surface area contributed by atoms with E-state index in [4.69, 9.17) is 0 Å². The summed E-state index contributed by atoms with van der Waals surface area (Å²) in [5.74, 6) is 0.833. The van der Waals surface area contributed by atoms with Gasteiger partial charge in [0.25, 0.3) is 5.56 Å². The van der Waals surface area contributed by atoms with Gasteiger partial charge in [0.05, 0.1) is 11.6 Å². The summed E-state index contributed by atoms with van der Waals surface area (Å²) >= 11 is 0. The number of pyridine rings is 1. The summed E-state index contributed by atoms with van der Waals surface area (Å²) in [5.41, 5.74) is 4.91. The van der Waals surface area contributed by atoms with Crippen LogP contribution in [0.1, 0.15) is 74.7 Å². The number of nitrogens with zero attached hydrogens (tertiary/aromatic N) is 5. The second kappa shape index (κ2) is 10.1. The Kier molecular flexibility index (Phi) is 7.17. The maximum atomic E-state index is 13.1. The Hall–Kier alpha value is -3.32. The number of aromatic amines is 1. The lowest BCUT2D eigenvalue weighted by atomic mass is 10.0. The summed E-state index contributed by atoms with van der Waals surface area (Å²) in [6.45, 7) is 13.9. The average molecular weight is 473 g/mol. The van der Waals surface area contributed by atoms with Crippen LogP contribution in [0.25, 0.3) is 10.9 Å². The van der Waals surface area contributed by atoms with E-state index in [1.54, 1.807) is 0 Å². The van der Waals surface area contributed by atoms with Gasteiger partial charge in [-0.25, -0.2) is 4.68 Å². The van der Waals surface area contributed by atoms with Crippen LogP contribution in [0.15, 0.2) is 53.3 Å². The predicted molar refractivity (Wildman–Crippen MR) is 140 cm³/mol. The van der Waals surface area contributed by atoms with Gasteiger partial charge in [-0.1, -0.05) is 55.3 Å². The van der Waals surface area contributed by atoms with E-state index < -0.39 is 0 Å². The van der Waals surface area contributed by atoms with E-state index in [1.807, 2.05) is 22.9 Å². The second-order valence-electron chi connectivity index (χ2n) is 10.1. The topological polar surface area (TPSA) is 79.7 Å². The molecule has 0 amide bonds. The van der Waals surface area contributed by atoms with Crippen LogP contribution in [0.5, 0.6) is 0 Å². The van der Waals surface area contributed by atoms with Crippen LogP contribution in [0, 0.1) is 13.8 Å². The first-order chi connectivity index (χ1) is 16.7. The van der Waals surface area contributed by atoms with Gasteiger partial charge in [-0.15, -0.1) is 5.10 Å². The molecule has 184 valence electrons. The normalized spacial score (nSPS) is 13.0. The van der Waals surface area contributed by atoms with Gasteiger partial charge < -0.3 is 4.98 Å². The van der Waals surface area contributed by atoms with Crippen LogP contribution in [-0.2, 0) is 18.6 Å². The van der Waals surface area contributed by atoms with Crippen molar-refractivity contribution in [2.75, 3.05) is 0 Å². The number of hydrogen-bond donors (Lipinski definition) is 1. The van der Waals surface area contributed by atoms with Gasteiger partial charge in [0.15, 0.2) is 5.82 Å². The van der Waals surface area contributed by atoms with Crippen molar-refractivity contribution in [3.63, 3.8) is 0 Å². The van der Waals surface area contributed by atoms with Gasteiger partial charge in [-0.3, -0.25) is 9.69 Å². The molecule has 0 aliphatic heterocycles. The first kappa shape index (κ1) is 24.8. The minimum absolute atomic E-state index is 0.0512. The van der Waals surface area contributed by atoms with Crippen LogP contribution in [0.4, 0.5) is 0 Å². The molecule has 0 aliphatic rings. The minimum atomic E-state index is -0.209. The number of benzene rings is 2. The molecule has 2 aromatic carbocycles. The van der Waals surface area contributed by atoms with E-state index in [0.717, 1.165) is 35.1 Å². The molecule has 0 fully saturated rings. The fraction of sp³-hybridized carbons (Fsp3) is 0.429. The zero-order chi connectivity index (χ0) is 25.2. The molecule has 4 aromatic rings. The fourth-order valence-electron chi connectivity index (χ4n) is 4.50. The highest BCUT2D eigenvalue weighted by atomic mass is 16.1. The van der Waals surface area contributed by atoms with Gasteiger partial charge in [0, 0.05) is 24.2 Å². The van der Waals surface area contributed by atoms with E-state index in [2.05, 4.69) is 97.3 Å². The van der Waals surface area contributed by atoms with Crippen LogP contribution < -0.4 is 5.56 Å². The Labute approximate surface area is 207 Å². The molecule has 0 spiro atoms. The van der Waals surface area contributed by atoms with Gasteiger partial charge in [-0.2, -0.15) is 0 Å². The molecule has 1 N–H and O–H groups in total. The molecule has 0 saturated heterocycles. The largest absolute Gasteiger partial charge is 0.322 e. The number of aryl methyl sites for hydroxylation is 2. The molecule has 7 nitrogen and oxygen atoms in total. The minimum Gasteiger partial charge on any atom is -0.322 e. The van der Waals surface area contributed by atoms with Gasteiger partial charge >= 0.3 is 0 Å². The maximum absolute atomic E-state index is 13.1. The van der Waals surface area contributed by atoms with E-state index in [9.17, 15) is 4.79 Å². The third kappa shape index (κ3) is 5.35. The summed E-state index contributed by atoms with van der Waals surface area (Å²) in [6.07, 6.45) is 1.72. The van der Waals surface area contributed by atoms with Gasteiger partial charge in [0.1, 0.15) is 0 Å². The van der Waals surface area contributed by atoms with E-state index >= 15 is 0 Å². The predicted octanol–water partition coefficient (Wildman–Crippen LogP) is 5.43. The number of nitrogens with one attached hydrogen (secondary N) is 1. The summed E-state index contributed by atoms with van der Waals surface area (Å²) in [7, 11) is 0. The van der Waals surface area contributed by atoms with E-state index in [0.29, 0.717) is 13.1 Å². The number of fused-ring (bicyclic) bond motifs is 1. The molecular weight excluding hydrogens is 436 g/mol. The average Bonchev–Trinajstić information content (AvgIpc) is 3.32. The number of H-pyrrole nitrogens is 1. The molecule has 4 rings (SSSR count). The van der Waals surface area contributed by atoms with Crippen molar-refractivity contribution in [2.24, 2.45) is 0 Å². The number of rotatable bonds is 9. The quantitative estimate of drug-likeness (QED) is 0.351. The number of hydrogen-bond acceptors (Lipinski definition) is 5. The Morgan fingerprint density at radius 3 is 2.40 bits per heavy atom. The zero-order valence-corrected chi connectivity index (χ0v) is 21.7. The molecule has 1 atom stereocenters. The first-order valence-corrected chi connectivity index (χ1v) is 12.4. The van der Waals surface area contributed by atoms with Crippen molar-refractivity contribution in [1.29, 1.82) is 0 Å². The molecule has 0 aliphatic carbocycles. The van der Waals surface area contributed by atoms with Crippen molar-refractivity contribution >= 4 is 10.9 Å². The first-order valence-electron chi connectivity index (χ1n) is 12.4. The molecular formula is C28H36N6O. The highest BCUT2D eigenvalue weighted by Crippen LogP contribution is 2.30. The van der Waals surface area contributed by atoms with Gasteiger partial charge in [0.2, 0.25) is 0 Å². The van der Waals surface area contributed by atoms with Crippen LogP contribution in [0.2, 0.25) is 0 Å². The van der Waals surface area contributed by atoms with Crippen LogP contribution in [0.3, 0.4) is 0 Å². The Bertz CT molecular complexity index is 1350. The summed E-state index contributed by atoms with van der Waals surface area (Å²) in [5, 5.41) is 13.9. The van der Waals surface area contributed by atoms with Gasteiger partial charge in [-0.05, 0) is 80.1 Å². The summed E-state index contributed by atoms with van der Waals surface area (Å²) in [4.78, 5) is 18.5. The molecule has 1 unspecified atom stereocenters. The van der Waals surface area contributed by atoms with E-state index in [-0.39, 0.29) is 17.1 Å². The monoisotopic (exact) mass is 472 g/mol. The fourth-order valence-corrected chi connectivity index (χ4v) is 4.50. The molecule has 35 heavy (non-hydrogen) atoms. The molecule has 7 heteroatoms. The number of aromatic nitrogens is 5. The molecule has 0 bridgehead atoms. The lowest BCUT2D eigenvalue weighted by Crippen LogP contribution is -2.36. The number of tetrazole rings is 1. The second-order valence-corrected chi connectivity index (χ2v) is 10.1. The highest BCUT2D eigenvalue weighted by Gasteiger charge is 2.31. The molecule has 0 saturated carbocycles. The van der Waals surface area contributed by atoms with E-state index in [1.165, 1.54) is 16.7 Å². The lowest BCUT2D eigenvalue weighted by molar-refractivity contribution is 0.150. The molecule has 2 heterocycles. The van der Waals surface area contributed by atoms with Crippen molar-refractivity contribution in [2.45, 2.75) is 79.1 Å². The maximum Gasteiger partial charge on any atom is 0.252 e. The standard InChI is InChI=1S/C28H36N6O/c1-7-25(26-30-31-32-34(26)28(5,6)8-2)33(17-21-12-9-19(3)10-13-21)18-23-16-22-15-20(4)11-14-24(22)29-27(23)35/h9-16,25H,7-8,17-18H2,1-6H3,(H,29,35). The third-order valence-electron chi connectivity index (χ3n) is 7.01. The highest BCUT2D eigenvalue weighted by molar-refractivity contribution is 5.79. The summed E-state index contributed by atoms with van der Waals surface area (Å²) < 4.78 is 1.96. The smallest absolute Gasteiger partial charge is 0.252 e. The Balaban J connectivity index is 1.78. The van der Waals surface area contributed by atoms with Crippen molar-refractivity contribution < 1.29 is 0 Å². The molecule has 0 radical (unpaired) electrons. The third-order valence-corrected chi connectivity index (χ3v) is 7.01. The van der Waals surface area contributed by atoms with Crippen molar-refractivity contribution in [3.05, 3.63) is 87.0 Å². The SMILES string of the molecule is CCC(c1nnnn1C(C)(C)CC)N(Cc1ccc(C)cc1)Cc1cc2cc(C)ccc2[nH]c1=O. The lowest BCUT2D eigenvalue weighted by Gasteiger charge is -2.33. The molecule has 2 aromatic heterocycles. The summed E-state index contributed by atoms with van der Waals surface area (Å²) in [6, 6.07) is 16.6. The Morgan fingerprint density at radius 2 is 1.71 bits per heavy atom. The van der Waals surface area contributed by atoms with Crippen molar-refractivity contribution in [1.82, 2.24) is 30.1 Å². The van der Waals surface area contributed by atoms with Crippen LogP contribution >= 0.6 is 0 Å². The van der Waals surface area contributed by atoms with Crippen molar-refractivity contribution in [3.8, 4) is 0 Å². The Morgan fingerprint density at radius 1 is 1.00 bits per heavy atom.